The van der Waals surface area contributed by atoms with E-state index in [1.54, 1.807) is 19.1 Å². The number of anilines is 2. The second-order valence-electron chi connectivity index (χ2n) is 7.57. The summed E-state index contributed by atoms with van der Waals surface area (Å²) < 4.78 is 28.4. The van der Waals surface area contributed by atoms with Crippen molar-refractivity contribution in [1.29, 1.82) is 0 Å². The van der Waals surface area contributed by atoms with Gasteiger partial charge in [0, 0.05) is 23.9 Å². The average molecular weight is 466 g/mol. The third kappa shape index (κ3) is 6.05. The van der Waals surface area contributed by atoms with Crippen molar-refractivity contribution in [2.45, 2.75) is 25.7 Å². The summed E-state index contributed by atoms with van der Waals surface area (Å²) >= 11 is 0. The van der Waals surface area contributed by atoms with Crippen LogP contribution in [0, 0.1) is 30.9 Å². The number of nitro groups is 1. The highest BCUT2D eigenvalue weighted by Gasteiger charge is 2.17. The van der Waals surface area contributed by atoms with Crippen LogP contribution >= 0.6 is 0 Å². The number of carbonyl (C=O) groups excluding carboxylic acids is 1. The van der Waals surface area contributed by atoms with E-state index in [-0.39, 0.29) is 10.6 Å². The standard InChI is InChI=1S/C24H23N3O5S/c1-16-4-12-22(18(3)14-16)26-33(31,32)21-11-5-17(2)23(15-21)25-24(28)13-8-19-6-9-20(10-7-19)27(29)30/h4-15,26H,1-3H3,(H,25,28). The summed E-state index contributed by atoms with van der Waals surface area (Å²) in [5, 5.41) is 13.4. The molecule has 0 bridgehead atoms. The first kappa shape index (κ1) is 23.7. The number of nitrogens with zero attached hydrogens (tertiary/aromatic N) is 1. The van der Waals surface area contributed by atoms with Crippen molar-refractivity contribution in [1.82, 2.24) is 0 Å². The van der Waals surface area contributed by atoms with E-state index in [4.69, 9.17) is 0 Å². The minimum absolute atomic E-state index is 0.0164. The fourth-order valence-electron chi connectivity index (χ4n) is 3.09. The van der Waals surface area contributed by atoms with Gasteiger partial charge < -0.3 is 5.32 Å². The molecule has 3 aromatic carbocycles. The Balaban J connectivity index is 1.76. The molecular formula is C24H23N3O5S. The molecule has 0 aromatic heterocycles. The number of sulfonamides is 1. The van der Waals surface area contributed by atoms with Gasteiger partial charge in [-0.25, -0.2) is 8.42 Å². The van der Waals surface area contributed by atoms with Crippen LogP contribution in [-0.4, -0.2) is 19.2 Å². The van der Waals surface area contributed by atoms with Crippen LogP contribution in [0.2, 0.25) is 0 Å². The van der Waals surface area contributed by atoms with E-state index in [2.05, 4.69) is 10.0 Å². The van der Waals surface area contributed by atoms with Crippen LogP contribution in [0.1, 0.15) is 22.3 Å². The highest BCUT2D eigenvalue weighted by molar-refractivity contribution is 7.92. The van der Waals surface area contributed by atoms with Crippen LogP contribution < -0.4 is 10.0 Å². The third-order valence-electron chi connectivity index (χ3n) is 4.93. The number of benzene rings is 3. The minimum atomic E-state index is -3.86. The topological polar surface area (TPSA) is 118 Å². The van der Waals surface area contributed by atoms with Gasteiger partial charge in [0.2, 0.25) is 5.91 Å². The number of carbonyl (C=O) groups is 1. The van der Waals surface area contributed by atoms with Crippen molar-refractivity contribution in [2.24, 2.45) is 0 Å². The van der Waals surface area contributed by atoms with E-state index >= 15 is 0 Å². The van der Waals surface area contributed by atoms with Crippen LogP contribution in [0.5, 0.6) is 0 Å². The smallest absolute Gasteiger partial charge is 0.269 e. The van der Waals surface area contributed by atoms with Gasteiger partial charge in [0.05, 0.1) is 15.5 Å². The molecule has 8 nitrogen and oxygen atoms in total. The van der Waals surface area contributed by atoms with Crippen LogP contribution in [0.25, 0.3) is 6.08 Å². The fourth-order valence-corrected chi connectivity index (χ4v) is 4.24. The fraction of sp³-hybridized carbons (Fsp3) is 0.125. The molecule has 0 heterocycles. The van der Waals surface area contributed by atoms with Gasteiger partial charge in [0.15, 0.2) is 0 Å². The molecule has 0 saturated carbocycles. The molecule has 2 N–H and O–H groups in total. The first-order valence-corrected chi connectivity index (χ1v) is 11.5. The van der Waals surface area contributed by atoms with E-state index in [0.29, 0.717) is 22.5 Å². The Morgan fingerprint density at radius 2 is 1.61 bits per heavy atom. The Morgan fingerprint density at radius 1 is 0.909 bits per heavy atom. The Bertz CT molecular complexity index is 1350. The van der Waals surface area contributed by atoms with Gasteiger partial charge in [-0.2, -0.15) is 0 Å². The molecule has 33 heavy (non-hydrogen) atoms. The second-order valence-corrected chi connectivity index (χ2v) is 9.25. The maximum absolute atomic E-state index is 12.9. The SMILES string of the molecule is Cc1ccc(NS(=O)(=O)c2ccc(C)c(NC(=O)C=Cc3ccc([N+](=O)[O-])cc3)c2)c(C)c1. The van der Waals surface area contributed by atoms with Crippen LogP contribution in [0.3, 0.4) is 0 Å². The Labute approximate surface area is 192 Å². The van der Waals surface area contributed by atoms with Gasteiger partial charge in [-0.05, 0) is 73.9 Å². The van der Waals surface area contributed by atoms with Crippen molar-refractivity contribution >= 4 is 39.1 Å². The van der Waals surface area contributed by atoms with Gasteiger partial charge in [-0.1, -0.05) is 23.8 Å². The zero-order valence-electron chi connectivity index (χ0n) is 18.3. The summed E-state index contributed by atoms with van der Waals surface area (Å²) in [6.45, 7) is 5.50. The molecule has 9 heteroatoms. The average Bonchev–Trinajstić information content (AvgIpc) is 2.76. The predicted molar refractivity (Wildman–Crippen MR) is 129 cm³/mol. The largest absolute Gasteiger partial charge is 0.322 e. The number of hydrogen-bond donors (Lipinski definition) is 2. The highest BCUT2D eigenvalue weighted by Crippen LogP contribution is 2.24. The zero-order valence-corrected chi connectivity index (χ0v) is 19.1. The molecule has 0 unspecified atom stereocenters. The molecule has 0 aliphatic heterocycles. The van der Waals surface area contributed by atoms with E-state index in [0.717, 1.165) is 11.1 Å². The molecule has 0 aliphatic carbocycles. The van der Waals surface area contributed by atoms with E-state index < -0.39 is 20.9 Å². The number of hydrogen-bond acceptors (Lipinski definition) is 5. The first-order valence-electron chi connectivity index (χ1n) is 9.99. The molecule has 0 spiro atoms. The van der Waals surface area contributed by atoms with Crippen LogP contribution in [-0.2, 0) is 14.8 Å². The number of aryl methyl sites for hydroxylation is 3. The van der Waals surface area contributed by atoms with Gasteiger partial charge in [0.25, 0.3) is 15.7 Å². The monoisotopic (exact) mass is 465 g/mol. The number of amides is 1. The first-order chi connectivity index (χ1) is 15.5. The lowest BCUT2D eigenvalue weighted by Gasteiger charge is -2.13. The summed E-state index contributed by atoms with van der Waals surface area (Å²) in [7, 11) is -3.86. The van der Waals surface area contributed by atoms with Crippen LogP contribution in [0.15, 0.2) is 71.6 Å². The molecule has 170 valence electrons. The van der Waals surface area contributed by atoms with Crippen molar-refractivity contribution in [3.8, 4) is 0 Å². The quantitative estimate of drug-likeness (QED) is 0.290. The number of nitrogens with one attached hydrogen (secondary N) is 2. The lowest BCUT2D eigenvalue weighted by molar-refractivity contribution is -0.384. The zero-order chi connectivity index (χ0) is 24.2. The van der Waals surface area contributed by atoms with Crippen molar-refractivity contribution in [2.75, 3.05) is 10.0 Å². The molecule has 0 saturated heterocycles. The summed E-state index contributed by atoms with van der Waals surface area (Å²) in [5.74, 6) is -0.465. The Morgan fingerprint density at radius 3 is 2.24 bits per heavy atom. The molecule has 0 aliphatic rings. The predicted octanol–water partition coefficient (Wildman–Crippen LogP) is 4.97. The number of nitro benzene ring substituents is 1. The summed E-state index contributed by atoms with van der Waals surface area (Å²) in [4.78, 5) is 22.6. The lowest BCUT2D eigenvalue weighted by Crippen LogP contribution is -2.15. The maximum Gasteiger partial charge on any atom is 0.269 e. The van der Waals surface area contributed by atoms with Gasteiger partial charge >= 0.3 is 0 Å². The Hall–Kier alpha value is -3.98. The van der Waals surface area contributed by atoms with Gasteiger partial charge in [-0.3, -0.25) is 19.6 Å². The minimum Gasteiger partial charge on any atom is -0.322 e. The van der Waals surface area contributed by atoms with E-state index in [1.165, 1.54) is 48.6 Å². The van der Waals surface area contributed by atoms with Crippen molar-refractivity contribution in [3.05, 3.63) is 99.1 Å². The molecular weight excluding hydrogens is 442 g/mol. The highest BCUT2D eigenvalue weighted by atomic mass is 32.2. The van der Waals surface area contributed by atoms with Gasteiger partial charge in [0.1, 0.15) is 0 Å². The molecule has 3 aromatic rings. The molecule has 3 rings (SSSR count). The lowest BCUT2D eigenvalue weighted by atomic mass is 10.1. The normalized spacial score (nSPS) is 11.4. The molecule has 0 fully saturated rings. The molecule has 1 amide bonds. The van der Waals surface area contributed by atoms with Crippen molar-refractivity contribution < 1.29 is 18.1 Å². The molecule has 0 atom stereocenters. The third-order valence-corrected chi connectivity index (χ3v) is 6.30. The van der Waals surface area contributed by atoms with E-state index in [1.807, 2.05) is 26.0 Å². The van der Waals surface area contributed by atoms with Crippen molar-refractivity contribution in [3.63, 3.8) is 0 Å². The summed E-state index contributed by atoms with van der Waals surface area (Å²) in [6, 6.07) is 15.7. The second kappa shape index (κ2) is 9.66. The van der Waals surface area contributed by atoms with Gasteiger partial charge in [-0.15, -0.1) is 0 Å². The number of rotatable bonds is 7. The summed E-state index contributed by atoms with van der Waals surface area (Å²) in [6.07, 6.45) is 2.78. The van der Waals surface area contributed by atoms with Crippen LogP contribution in [0.4, 0.5) is 17.1 Å². The van der Waals surface area contributed by atoms with E-state index in [9.17, 15) is 23.3 Å². The Kier molecular flexibility index (Phi) is 6.93. The maximum atomic E-state index is 12.9. The number of non-ortho nitro benzene ring substituents is 1. The molecule has 0 radical (unpaired) electrons. The summed E-state index contributed by atoms with van der Waals surface area (Å²) in [5.41, 5.74) is 3.93.